The van der Waals surface area contributed by atoms with Gasteiger partial charge in [-0.3, -0.25) is 4.90 Å². The Morgan fingerprint density at radius 2 is 1.89 bits per heavy atom. The van der Waals surface area contributed by atoms with Crippen molar-refractivity contribution >= 4 is 23.4 Å². The lowest BCUT2D eigenvalue weighted by atomic mass is 9.86. The van der Waals surface area contributed by atoms with Crippen LogP contribution in [0.1, 0.15) is 45.5 Å². The Labute approximate surface area is 207 Å². The maximum Gasteiger partial charge on any atom is 0.408 e. The number of aromatic carboxylic acids is 1. The first kappa shape index (κ1) is 23.3. The monoisotopic (exact) mass is 493 g/mol. The van der Waals surface area contributed by atoms with E-state index in [2.05, 4.69) is 15.2 Å². The van der Waals surface area contributed by atoms with Crippen LogP contribution in [0.15, 0.2) is 60.0 Å². The number of carboxylic acid groups (broad SMARTS) is 1. The van der Waals surface area contributed by atoms with Crippen LogP contribution in [0.25, 0.3) is 0 Å². The van der Waals surface area contributed by atoms with Crippen LogP contribution in [-0.4, -0.2) is 52.8 Å². The van der Waals surface area contributed by atoms with Crippen molar-refractivity contribution < 1.29 is 24.2 Å². The number of alkyl carbamates (subject to hydrolysis) is 1. The second kappa shape index (κ2) is 10.5. The molecule has 3 aliphatic rings. The van der Waals surface area contributed by atoms with E-state index in [9.17, 15) is 9.59 Å². The summed E-state index contributed by atoms with van der Waals surface area (Å²) in [5.41, 5.74) is 1.80. The van der Waals surface area contributed by atoms with E-state index in [4.69, 9.17) is 14.6 Å². The van der Waals surface area contributed by atoms with Gasteiger partial charge in [0.05, 0.1) is 6.04 Å². The van der Waals surface area contributed by atoms with Crippen molar-refractivity contribution in [1.82, 2.24) is 15.2 Å². The van der Waals surface area contributed by atoms with E-state index in [1.165, 1.54) is 16.7 Å². The number of hydrogen-bond donors (Lipinski definition) is 2. The van der Waals surface area contributed by atoms with Crippen molar-refractivity contribution in [2.45, 2.75) is 31.6 Å². The quantitative estimate of drug-likeness (QED) is 0.482. The number of carbonyl (C=O) groups is 2. The highest BCUT2D eigenvalue weighted by molar-refractivity contribution is 7.09. The number of carbonyl (C=O) groups excluding carboxylic acids is 1. The molecule has 3 aromatic rings. The summed E-state index contributed by atoms with van der Waals surface area (Å²) in [6.07, 6.45) is 1.66. The minimum absolute atomic E-state index is 0.0113. The standard InChI is InChI=1S/C26H27N3O5S/c30-25(31)21-16-35-23(27-21)15-33-20-8-4-7-19(13-20)24(18-5-2-1-3-6-18)28-26(32)34-22-14-29-11-9-17(22)10-12-29/h1-8,13,16-17,22,24H,9-12,14-15H2,(H,28,32)(H,30,31)/t22-,24-/m0/s1. The zero-order chi connectivity index (χ0) is 24.2. The first-order valence-electron chi connectivity index (χ1n) is 11.7. The van der Waals surface area contributed by atoms with Gasteiger partial charge in [-0.15, -0.1) is 11.3 Å². The number of aromatic nitrogens is 1. The molecule has 9 heteroatoms. The maximum atomic E-state index is 13.0. The summed E-state index contributed by atoms with van der Waals surface area (Å²) in [6.45, 7) is 3.14. The number of nitrogens with zero attached hydrogens (tertiary/aromatic N) is 2. The molecule has 1 amide bonds. The Hall–Kier alpha value is -3.43. The number of nitrogens with one attached hydrogen (secondary N) is 1. The third kappa shape index (κ3) is 5.63. The molecule has 3 aliphatic heterocycles. The maximum absolute atomic E-state index is 13.0. The van der Waals surface area contributed by atoms with E-state index in [0.717, 1.165) is 43.6 Å². The van der Waals surface area contributed by atoms with E-state index >= 15 is 0 Å². The van der Waals surface area contributed by atoms with Crippen molar-refractivity contribution in [1.29, 1.82) is 0 Å². The van der Waals surface area contributed by atoms with Gasteiger partial charge in [0.1, 0.15) is 23.5 Å². The highest BCUT2D eigenvalue weighted by Gasteiger charge is 2.36. The fourth-order valence-corrected chi connectivity index (χ4v) is 5.42. The number of fused-ring (bicyclic) bond motifs is 3. The minimum Gasteiger partial charge on any atom is -0.486 e. The highest BCUT2D eigenvalue weighted by atomic mass is 32.1. The predicted octanol–water partition coefficient (Wildman–Crippen LogP) is 4.33. The molecule has 0 unspecified atom stereocenters. The first-order chi connectivity index (χ1) is 17.0. The number of amides is 1. The van der Waals surface area contributed by atoms with Gasteiger partial charge in [0.2, 0.25) is 0 Å². The minimum atomic E-state index is -1.06. The number of rotatable bonds is 8. The molecule has 4 heterocycles. The van der Waals surface area contributed by atoms with E-state index in [1.54, 1.807) is 0 Å². The normalized spacial score (nSPS) is 21.8. The zero-order valence-electron chi connectivity index (χ0n) is 19.1. The predicted molar refractivity (Wildman–Crippen MR) is 131 cm³/mol. The van der Waals surface area contributed by atoms with Gasteiger partial charge in [-0.2, -0.15) is 0 Å². The lowest BCUT2D eigenvalue weighted by Gasteiger charge is -2.43. The van der Waals surface area contributed by atoms with E-state index < -0.39 is 18.1 Å². The Balaban J connectivity index is 1.29. The fourth-order valence-electron chi connectivity index (χ4n) is 4.74. The third-order valence-electron chi connectivity index (χ3n) is 6.57. The van der Waals surface area contributed by atoms with E-state index in [0.29, 0.717) is 16.7 Å². The van der Waals surface area contributed by atoms with E-state index in [-0.39, 0.29) is 18.4 Å². The van der Waals surface area contributed by atoms with Crippen molar-refractivity contribution in [3.05, 3.63) is 81.8 Å². The second-order valence-corrected chi connectivity index (χ2v) is 9.81. The summed E-state index contributed by atoms with van der Waals surface area (Å²) in [7, 11) is 0. The molecule has 3 fully saturated rings. The van der Waals surface area contributed by atoms with Gasteiger partial charge in [-0.05, 0) is 55.1 Å². The Morgan fingerprint density at radius 1 is 1.11 bits per heavy atom. The molecule has 182 valence electrons. The van der Waals surface area contributed by atoms with E-state index in [1.807, 2.05) is 54.6 Å². The van der Waals surface area contributed by atoms with Crippen LogP contribution in [0.4, 0.5) is 4.79 Å². The number of benzene rings is 2. The van der Waals surface area contributed by atoms with Gasteiger partial charge >= 0.3 is 12.1 Å². The van der Waals surface area contributed by atoms with Gasteiger partial charge in [0, 0.05) is 11.9 Å². The van der Waals surface area contributed by atoms with Crippen LogP contribution < -0.4 is 10.1 Å². The molecule has 0 aliphatic carbocycles. The lowest BCUT2D eigenvalue weighted by Crippen LogP contribution is -2.52. The van der Waals surface area contributed by atoms with Gasteiger partial charge < -0.3 is 19.9 Å². The summed E-state index contributed by atoms with van der Waals surface area (Å²) >= 11 is 1.24. The average molecular weight is 494 g/mol. The number of ether oxygens (including phenoxy) is 2. The van der Waals surface area contributed by atoms with Gasteiger partial charge in [-0.25, -0.2) is 14.6 Å². The van der Waals surface area contributed by atoms with Crippen molar-refractivity contribution in [3.8, 4) is 5.75 Å². The molecule has 35 heavy (non-hydrogen) atoms. The molecular weight excluding hydrogens is 466 g/mol. The van der Waals surface area contributed by atoms with Crippen LogP contribution in [0.3, 0.4) is 0 Å². The topological polar surface area (TPSA) is 101 Å². The molecule has 3 saturated heterocycles. The fraction of sp³-hybridized carbons (Fsp3) is 0.346. The molecule has 0 spiro atoms. The number of thiazole rings is 1. The Bertz CT molecular complexity index is 1180. The molecule has 2 N–H and O–H groups in total. The van der Waals surface area contributed by atoms with Crippen molar-refractivity contribution in [2.75, 3.05) is 19.6 Å². The van der Waals surface area contributed by atoms with Crippen LogP contribution in [-0.2, 0) is 11.3 Å². The smallest absolute Gasteiger partial charge is 0.408 e. The van der Waals surface area contributed by atoms with Gasteiger partial charge in [0.25, 0.3) is 0 Å². The molecule has 0 saturated carbocycles. The molecule has 2 atom stereocenters. The van der Waals surface area contributed by atoms with Crippen molar-refractivity contribution in [2.24, 2.45) is 5.92 Å². The van der Waals surface area contributed by atoms with Gasteiger partial charge in [-0.1, -0.05) is 42.5 Å². The summed E-state index contributed by atoms with van der Waals surface area (Å²) < 4.78 is 11.8. The molecule has 1 aromatic heterocycles. The average Bonchev–Trinajstić information content (AvgIpc) is 3.37. The van der Waals surface area contributed by atoms with Crippen LogP contribution in [0, 0.1) is 5.92 Å². The second-order valence-electron chi connectivity index (χ2n) is 8.86. The largest absolute Gasteiger partial charge is 0.486 e. The van der Waals surface area contributed by atoms with Gasteiger partial charge in [0.15, 0.2) is 5.69 Å². The lowest BCUT2D eigenvalue weighted by molar-refractivity contribution is -0.0336. The number of carboxylic acids is 1. The van der Waals surface area contributed by atoms with Crippen LogP contribution in [0.2, 0.25) is 0 Å². The zero-order valence-corrected chi connectivity index (χ0v) is 19.9. The van der Waals surface area contributed by atoms with Crippen LogP contribution >= 0.6 is 11.3 Å². The number of piperidine rings is 3. The summed E-state index contributed by atoms with van der Waals surface area (Å²) in [4.78, 5) is 30.4. The summed E-state index contributed by atoms with van der Waals surface area (Å²) in [5, 5.41) is 14.2. The third-order valence-corrected chi connectivity index (χ3v) is 7.40. The molecule has 6 rings (SSSR count). The molecular formula is C26H27N3O5S. The Morgan fingerprint density at radius 3 is 2.57 bits per heavy atom. The SMILES string of the molecule is O=C(N[C@@H](c1ccccc1)c1cccc(OCc2nc(C(=O)O)cs2)c1)O[C@H]1CN2CCC1CC2. The summed E-state index contributed by atoms with van der Waals surface area (Å²) in [5.74, 6) is -0.0235. The number of hydrogen-bond acceptors (Lipinski definition) is 7. The first-order valence-corrected chi connectivity index (χ1v) is 12.6. The molecule has 2 aromatic carbocycles. The highest BCUT2D eigenvalue weighted by Crippen LogP contribution is 2.30. The molecule has 0 radical (unpaired) electrons. The van der Waals surface area contributed by atoms with Crippen molar-refractivity contribution in [3.63, 3.8) is 0 Å². The summed E-state index contributed by atoms with van der Waals surface area (Å²) in [6, 6.07) is 16.8. The van der Waals surface area contributed by atoms with Crippen LogP contribution in [0.5, 0.6) is 5.75 Å². The molecule has 8 nitrogen and oxygen atoms in total. The molecule has 2 bridgehead atoms. The Kier molecular flexibility index (Phi) is 6.96.